The SMILES string of the molecule is O=[N+]([O-])c1ccc(NC(=S)N(CC2CCOC2)C2CC2)cc1. The number of rotatable bonds is 5. The Balaban J connectivity index is 1.61. The number of nitro benzene ring substituents is 1. The minimum Gasteiger partial charge on any atom is -0.381 e. The number of hydrogen-bond donors (Lipinski definition) is 1. The van der Waals surface area contributed by atoms with Gasteiger partial charge in [0, 0.05) is 42.9 Å². The zero-order valence-electron chi connectivity index (χ0n) is 12.2. The third-order valence-corrected chi connectivity index (χ3v) is 4.39. The number of nitrogens with zero attached hydrogens (tertiary/aromatic N) is 2. The van der Waals surface area contributed by atoms with Crippen molar-refractivity contribution >= 4 is 28.7 Å². The maximum atomic E-state index is 10.7. The molecular weight excluding hydrogens is 302 g/mol. The van der Waals surface area contributed by atoms with Crippen LogP contribution >= 0.6 is 12.2 Å². The molecule has 0 aromatic heterocycles. The second-order valence-corrected chi connectivity index (χ2v) is 6.23. The molecule has 118 valence electrons. The summed E-state index contributed by atoms with van der Waals surface area (Å²) in [5.41, 5.74) is 0.863. The van der Waals surface area contributed by atoms with E-state index in [1.165, 1.54) is 25.0 Å². The van der Waals surface area contributed by atoms with E-state index in [1.807, 2.05) is 0 Å². The summed E-state index contributed by atoms with van der Waals surface area (Å²) in [5.74, 6) is 0.539. The van der Waals surface area contributed by atoms with Gasteiger partial charge in [-0.3, -0.25) is 10.1 Å². The van der Waals surface area contributed by atoms with E-state index in [0.29, 0.717) is 17.1 Å². The zero-order chi connectivity index (χ0) is 15.5. The van der Waals surface area contributed by atoms with E-state index >= 15 is 0 Å². The maximum absolute atomic E-state index is 10.7. The highest BCUT2D eigenvalue weighted by molar-refractivity contribution is 7.80. The van der Waals surface area contributed by atoms with Crippen LogP contribution in [-0.2, 0) is 4.74 Å². The first-order valence-corrected chi connectivity index (χ1v) is 7.94. The highest BCUT2D eigenvalue weighted by Gasteiger charge is 2.33. The molecule has 1 aromatic rings. The Morgan fingerprint density at radius 2 is 2.09 bits per heavy atom. The molecule has 1 N–H and O–H groups in total. The molecule has 3 rings (SSSR count). The molecule has 1 aliphatic carbocycles. The molecule has 1 saturated heterocycles. The van der Waals surface area contributed by atoms with Crippen LogP contribution in [0.5, 0.6) is 0 Å². The second-order valence-electron chi connectivity index (χ2n) is 5.85. The quantitative estimate of drug-likeness (QED) is 0.511. The van der Waals surface area contributed by atoms with Crippen molar-refractivity contribution in [3.05, 3.63) is 34.4 Å². The van der Waals surface area contributed by atoms with Gasteiger partial charge in [-0.1, -0.05) is 0 Å². The number of nitro groups is 1. The van der Waals surface area contributed by atoms with Gasteiger partial charge in [0.2, 0.25) is 0 Å². The van der Waals surface area contributed by atoms with E-state index in [-0.39, 0.29) is 5.69 Å². The van der Waals surface area contributed by atoms with E-state index in [2.05, 4.69) is 10.2 Å². The lowest BCUT2D eigenvalue weighted by Crippen LogP contribution is -2.40. The van der Waals surface area contributed by atoms with Gasteiger partial charge in [-0.25, -0.2) is 0 Å². The topological polar surface area (TPSA) is 67.6 Å². The first kappa shape index (κ1) is 15.2. The van der Waals surface area contributed by atoms with Gasteiger partial charge in [-0.05, 0) is 43.6 Å². The minimum absolute atomic E-state index is 0.0821. The van der Waals surface area contributed by atoms with Crippen molar-refractivity contribution in [2.75, 3.05) is 25.1 Å². The highest BCUT2D eigenvalue weighted by atomic mass is 32.1. The maximum Gasteiger partial charge on any atom is 0.269 e. The summed E-state index contributed by atoms with van der Waals surface area (Å²) >= 11 is 5.53. The smallest absolute Gasteiger partial charge is 0.269 e. The number of non-ortho nitro benzene ring substituents is 1. The van der Waals surface area contributed by atoms with Gasteiger partial charge in [-0.15, -0.1) is 0 Å². The normalized spacial score (nSPS) is 20.6. The van der Waals surface area contributed by atoms with Crippen LogP contribution in [0.3, 0.4) is 0 Å². The van der Waals surface area contributed by atoms with Crippen LogP contribution in [0, 0.1) is 16.0 Å². The average molecular weight is 321 g/mol. The third-order valence-electron chi connectivity index (χ3n) is 4.06. The third kappa shape index (κ3) is 3.72. The molecule has 1 saturated carbocycles. The average Bonchev–Trinajstić information content (AvgIpc) is 3.21. The molecule has 1 atom stereocenters. The number of thiocarbonyl (C=S) groups is 1. The van der Waals surface area contributed by atoms with Crippen molar-refractivity contribution in [3.8, 4) is 0 Å². The molecule has 6 nitrogen and oxygen atoms in total. The Bertz CT molecular complexity index is 554. The predicted octanol–water partition coefficient (Wildman–Crippen LogP) is 2.79. The summed E-state index contributed by atoms with van der Waals surface area (Å²) in [5, 5.41) is 14.6. The number of benzene rings is 1. The lowest BCUT2D eigenvalue weighted by molar-refractivity contribution is -0.384. The van der Waals surface area contributed by atoms with E-state index < -0.39 is 4.92 Å². The van der Waals surface area contributed by atoms with Gasteiger partial charge in [0.05, 0.1) is 11.5 Å². The number of anilines is 1. The second kappa shape index (κ2) is 6.58. The predicted molar refractivity (Wildman–Crippen MR) is 88.0 cm³/mol. The lowest BCUT2D eigenvalue weighted by atomic mass is 10.1. The molecule has 1 unspecified atom stereocenters. The molecule has 7 heteroatoms. The summed E-state index contributed by atoms with van der Waals surface area (Å²) in [6.45, 7) is 2.57. The molecule has 0 spiro atoms. The van der Waals surface area contributed by atoms with Crippen molar-refractivity contribution in [1.29, 1.82) is 0 Å². The molecule has 1 heterocycles. The largest absolute Gasteiger partial charge is 0.381 e. The summed E-state index contributed by atoms with van der Waals surface area (Å²) < 4.78 is 5.44. The number of hydrogen-bond acceptors (Lipinski definition) is 4. The van der Waals surface area contributed by atoms with Crippen molar-refractivity contribution in [3.63, 3.8) is 0 Å². The van der Waals surface area contributed by atoms with Crippen LogP contribution < -0.4 is 5.32 Å². The van der Waals surface area contributed by atoms with E-state index in [0.717, 1.165) is 31.9 Å². The van der Waals surface area contributed by atoms with Gasteiger partial charge >= 0.3 is 0 Å². The fourth-order valence-corrected chi connectivity index (χ4v) is 2.99. The summed E-state index contributed by atoms with van der Waals surface area (Å²) in [6, 6.07) is 6.87. The van der Waals surface area contributed by atoms with Crippen LogP contribution in [0.2, 0.25) is 0 Å². The Kier molecular flexibility index (Phi) is 4.54. The Labute approximate surface area is 134 Å². The highest BCUT2D eigenvalue weighted by Crippen LogP contribution is 2.30. The fraction of sp³-hybridized carbons (Fsp3) is 0.533. The molecule has 0 amide bonds. The molecule has 2 aliphatic rings. The fourth-order valence-electron chi connectivity index (χ4n) is 2.65. The first-order valence-electron chi connectivity index (χ1n) is 7.53. The molecular formula is C15H19N3O3S. The zero-order valence-corrected chi connectivity index (χ0v) is 13.1. The summed E-state index contributed by atoms with van der Waals surface area (Å²) in [7, 11) is 0. The van der Waals surface area contributed by atoms with Crippen molar-refractivity contribution in [2.45, 2.75) is 25.3 Å². The van der Waals surface area contributed by atoms with Crippen molar-refractivity contribution in [1.82, 2.24) is 4.90 Å². The van der Waals surface area contributed by atoms with Crippen molar-refractivity contribution < 1.29 is 9.66 Å². The molecule has 2 fully saturated rings. The Morgan fingerprint density at radius 3 is 2.64 bits per heavy atom. The molecule has 0 bridgehead atoms. The number of nitrogens with one attached hydrogen (secondary N) is 1. The van der Waals surface area contributed by atoms with Gasteiger partial charge < -0.3 is 15.0 Å². The van der Waals surface area contributed by atoms with Crippen LogP contribution in [0.4, 0.5) is 11.4 Å². The van der Waals surface area contributed by atoms with E-state index in [4.69, 9.17) is 17.0 Å². The molecule has 0 radical (unpaired) electrons. The molecule has 1 aromatic carbocycles. The summed E-state index contributed by atoms with van der Waals surface area (Å²) in [4.78, 5) is 12.5. The van der Waals surface area contributed by atoms with Crippen molar-refractivity contribution in [2.24, 2.45) is 5.92 Å². The van der Waals surface area contributed by atoms with Gasteiger partial charge in [-0.2, -0.15) is 0 Å². The minimum atomic E-state index is -0.404. The van der Waals surface area contributed by atoms with Crippen LogP contribution in [-0.4, -0.2) is 40.7 Å². The van der Waals surface area contributed by atoms with Crippen LogP contribution in [0.1, 0.15) is 19.3 Å². The first-order chi connectivity index (χ1) is 10.6. The van der Waals surface area contributed by atoms with Crippen LogP contribution in [0.15, 0.2) is 24.3 Å². The van der Waals surface area contributed by atoms with Gasteiger partial charge in [0.15, 0.2) is 5.11 Å². The van der Waals surface area contributed by atoms with Gasteiger partial charge in [0.25, 0.3) is 5.69 Å². The van der Waals surface area contributed by atoms with E-state index in [9.17, 15) is 10.1 Å². The standard InChI is InChI=1S/C15H19N3O3S/c19-18(20)14-3-1-12(2-4-14)16-15(22)17(13-5-6-13)9-11-7-8-21-10-11/h1-4,11,13H,5-10H2,(H,16,22). The van der Waals surface area contributed by atoms with Crippen LogP contribution in [0.25, 0.3) is 0 Å². The monoisotopic (exact) mass is 321 g/mol. The lowest BCUT2D eigenvalue weighted by Gasteiger charge is -2.28. The van der Waals surface area contributed by atoms with E-state index in [1.54, 1.807) is 12.1 Å². The molecule has 1 aliphatic heterocycles. The Hall–Kier alpha value is -1.73. The molecule has 22 heavy (non-hydrogen) atoms. The number of ether oxygens (including phenoxy) is 1. The summed E-state index contributed by atoms with van der Waals surface area (Å²) in [6.07, 6.45) is 3.44. The Morgan fingerprint density at radius 1 is 1.36 bits per heavy atom. The van der Waals surface area contributed by atoms with Gasteiger partial charge in [0.1, 0.15) is 0 Å².